The average molecular weight is 285 g/mol. The minimum absolute atomic E-state index is 0.0265. The van der Waals surface area contributed by atoms with Crippen LogP contribution < -0.4 is 10.1 Å². The van der Waals surface area contributed by atoms with E-state index in [0.717, 1.165) is 12.0 Å². The third kappa shape index (κ3) is 3.99. The molecule has 2 rings (SSSR count). The first-order valence-corrected chi connectivity index (χ1v) is 6.82. The molecule has 4 nitrogen and oxygen atoms in total. The van der Waals surface area contributed by atoms with Crippen molar-refractivity contribution in [1.29, 1.82) is 0 Å². The van der Waals surface area contributed by atoms with E-state index >= 15 is 0 Å². The molecule has 2 aromatic carbocycles. The normalized spacial score (nSPS) is 11.7. The molecular formula is C17H19NO3. The maximum absolute atomic E-state index is 12.2. The molecule has 110 valence electrons. The van der Waals surface area contributed by atoms with E-state index in [-0.39, 0.29) is 23.3 Å². The zero-order chi connectivity index (χ0) is 15.2. The van der Waals surface area contributed by atoms with Crippen LogP contribution in [0.15, 0.2) is 48.5 Å². The summed E-state index contributed by atoms with van der Waals surface area (Å²) in [5.41, 5.74) is 1.40. The number of nitrogens with one attached hydrogen (secondary N) is 1. The van der Waals surface area contributed by atoms with Crippen molar-refractivity contribution in [3.8, 4) is 11.5 Å². The molecule has 0 spiro atoms. The number of benzene rings is 2. The van der Waals surface area contributed by atoms with Gasteiger partial charge in [0.15, 0.2) is 0 Å². The Kier molecular flexibility index (Phi) is 4.82. The van der Waals surface area contributed by atoms with Gasteiger partial charge in [-0.1, -0.05) is 30.3 Å². The molecule has 0 aliphatic rings. The highest BCUT2D eigenvalue weighted by Crippen LogP contribution is 2.23. The molecule has 2 aromatic rings. The standard InChI is InChI=1S/C17H19NO3/c1-12(10-13-6-4-3-5-7-13)18-17(20)15-9-8-14(21-2)11-16(15)19/h3-9,11-12,19H,10H2,1-2H3,(H,18,20). The summed E-state index contributed by atoms with van der Waals surface area (Å²) in [5.74, 6) is 0.138. The Morgan fingerprint density at radius 1 is 1.24 bits per heavy atom. The molecule has 0 bridgehead atoms. The molecule has 0 aliphatic heterocycles. The molecule has 2 N–H and O–H groups in total. The zero-order valence-electron chi connectivity index (χ0n) is 12.2. The lowest BCUT2D eigenvalue weighted by Crippen LogP contribution is -2.34. The van der Waals surface area contributed by atoms with Gasteiger partial charge in [-0.2, -0.15) is 0 Å². The summed E-state index contributed by atoms with van der Waals surface area (Å²) >= 11 is 0. The fourth-order valence-electron chi connectivity index (χ4n) is 2.15. The van der Waals surface area contributed by atoms with Gasteiger partial charge in [0.1, 0.15) is 11.5 Å². The number of amides is 1. The van der Waals surface area contributed by atoms with E-state index in [0.29, 0.717) is 5.75 Å². The molecule has 0 saturated carbocycles. The predicted molar refractivity (Wildman–Crippen MR) is 81.7 cm³/mol. The Bertz CT molecular complexity index is 611. The second-order valence-electron chi connectivity index (χ2n) is 4.95. The number of rotatable bonds is 5. The lowest BCUT2D eigenvalue weighted by Gasteiger charge is -2.15. The molecule has 0 saturated heterocycles. The van der Waals surface area contributed by atoms with Crippen molar-refractivity contribution < 1.29 is 14.6 Å². The van der Waals surface area contributed by atoms with Crippen LogP contribution in [0, 0.1) is 0 Å². The Morgan fingerprint density at radius 3 is 2.57 bits per heavy atom. The van der Waals surface area contributed by atoms with Crippen LogP contribution in [0.5, 0.6) is 11.5 Å². The summed E-state index contributed by atoms with van der Waals surface area (Å²) in [6.07, 6.45) is 0.740. The van der Waals surface area contributed by atoms with Crippen molar-refractivity contribution in [2.45, 2.75) is 19.4 Å². The molecule has 1 unspecified atom stereocenters. The number of phenolic OH excluding ortho intramolecular Hbond substituents is 1. The number of methoxy groups -OCH3 is 1. The third-order valence-corrected chi connectivity index (χ3v) is 3.21. The van der Waals surface area contributed by atoms with E-state index in [4.69, 9.17) is 4.74 Å². The quantitative estimate of drug-likeness (QED) is 0.888. The van der Waals surface area contributed by atoms with Gasteiger partial charge in [-0.05, 0) is 31.0 Å². The molecule has 0 radical (unpaired) electrons. The lowest BCUT2D eigenvalue weighted by molar-refractivity contribution is 0.0937. The highest BCUT2D eigenvalue weighted by molar-refractivity contribution is 5.97. The first-order valence-electron chi connectivity index (χ1n) is 6.82. The maximum atomic E-state index is 12.2. The van der Waals surface area contributed by atoms with Crippen molar-refractivity contribution in [3.63, 3.8) is 0 Å². The smallest absolute Gasteiger partial charge is 0.255 e. The second kappa shape index (κ2) is 6.79. The van der Waals surface area contributed by atoms with Gasteiger partial charge in [0, 0.05) is 12.1 Å². The van der Waals surface area contributed by atoms with Crippen molar-refractivity contribution in [2.75, 3.05) is 7.11 Å². The van der Waals surface area contributed by atoms with Crippen molar-refractivity contribution in [1.82, 2.24) is 5.32 Å². The first kappa shape index (κ1) is 14.9. The van der Waals surface area contributed by atoms with E-state index in [2.05, 4.69) is 5.32 Å². The molecule has 0 aromatic heterocycles. The number of carbonyl (C=O) groups is 1. The van der Waals surface area contributed by atoms with E-state index < -0.39 is 0 Å². The largest absolute Gasteiger partial charge is 0.507 e. The number of hydrogen-bond donors (Lipinski definition) is 2. The molecule has 0 aliphatic carbocycles. The van der Waals surface area contributed by atoms with Crippen LogP contribution in [0.3, 0.4) is 0 Å². The van der Waals surface area contributed by atoms with Crippen LogP contribution in [-0.4, -0.2) is 24.2 Å². The fourth-order valence-corrected chi connectivity index (χ4v) is 2.15. The molecule has 1 amide bonds. The average Bonchev–Trinajstić information content (AvgIpc) is 2.47. The van der Waals surface area contributed by atoms with Crippen LogP contribution in [0.4, 0.5) is 0 Å². The minimum atomic E-state index is -0.293. The molecule has 4 heteroatoms. The predicted octanol–water partition coefficient (Wildman–Crippen LogP) is 2.76. The number of carbonyl (C=O) groups excluding carboxylic acids is 1. The first-order chi connectivity index (χ1) is 10.1. The van der Waals surface area contributed by atoms with Gasteiger partial charge in [0.25, 0.3) is 5.91 Å². The van der Waals surface area contributed by atoms with Crippen LogP contribution in [0.2, 0.25) is 0 Å². The summed E-state index contributed by atoms with van der Waals surface area (Å²) in [7, 11) is 1.51. The molecule has 0 heterocycles. The van der Waals surface area contributed by atoms with E-state index in [1.165, 1.54) is 13.2 Å². The zero-order valence-corrected chi connectivity index (χ0v) is 12.2. The Hall–Kier alpha value is -2.49. The van der Waals surface area contributed by atoms with Crippen LogP contribution in [0.25, 0.3) is 0 Å². The van der Waals surface area contributed by atoms with Gasteiger partial charge in [0.05, 0.1) is 12.7 Å². The SMILES string of the molecule is COc1ccc(C(=O)NC(C)Cc2ccccc2)c(O)c1. The molecular weight excluding hydrogens is 266 g/mol. The van der Waals surface area contributed by atoms with E-state index in [1.54, 1.807) is 12.1 Å². The monoisotopic (exact) mass is 285 g/mol. The van der Waals surface area contributed by atoms with Crippen LogP contribution in [0.1, 0.15) is 22.8 Å². The Labute approximate surface area is 124 Å². The summed E-state index contributed by atoms with van der Waals surface area (Å²) in [6, 6.07) is 14.6. The summed E-state index contributed by atoms with van der Waals surface area (Å²) in [4.78, 5) is 12.2. The van der Waals surface area contributed by atoms with Gasteiger partial charge in [-0.3, -0.25) is 4.79 Å². The van der Waals surface area contributed by atoms with Gasteiger partial charge < -0.3 is 15.2 Å². The van der Waals surface area contributed by atoms with E-state index in [1.807, 2.05) is 37.3 Å². The van der Waals surface area contributed by atoms with Gasteiger partial charge in [-0.15, -0.1) is 0 Å². The summed E-state index contributed by atoms with van der Waals surface area (Å²) in [5, 5.41) is 12.7. The maximum Gasteiger partial charge on any atom is 0.255 e. The Balaban J connectivity index is 2.01. The van der Waals surface area contributed by atoms with Gasteiger partial charge in [0.2, 0.25) is 0 Å². The minimum Gasteiger partial charge on any atom is -0.507 e. The van der Waals surface area contributed by atoms with Crippen molar-refractivity contribution >= 4 is 5.91 Å². The number of phenols is 1. The lowest BCUT2D eigenvalue weighted by atomic mass is 10.1. The number of ether oxygens (including phenoxy) is 1. The van der Waals surface area contributed by atoms with Crippen molar-refractivity contribution in [2.24, 2.45) is 0 Å². The summed E-state index contributed by atoms with van der Waals surface area (Å²) in [6.45, 7) is 1.94. The molecule has 0 fully saturated rings. The van der Waals surface area contributed by atoms with Gasteiger partial charge in [-0.25, -0.2) is 0 Å². The third-order valence-electron chi connectivity index (χ3n) is 3.21. The number of hydrogen-bond acceptors (Lipinski definition) is 3. The fraction of sp³-hybridized carbons (Fsp3) is 0.235. The van der Waals surface area contributed by atoms with Crippen LogP contribution >= 0.6 is 0 Å². The topological polar surface area (TPSA) is 58.6 Å². The molecule has 1 atom stereocenters. The highest BCUT2D eigenvalue weighted by Gasteiger charge is 2.14. The second-order valence-corrected chi connectivity index (χ2v) is 4.95. The Morgan fingerprint density at radius 2 is 1.95 bits per heavy atom. The summed E-state index contributed by atoms with van der Waals surface area (Å²) < 4.78 is 5.00. The number of aromatic hydroxyl groups is 1. The van der Waals surface area contributed by atoms with Crippen LogP contribution in [-0.2, 0) is 6.42 Å². The molecule has 21 heavy (non-hydrogen) atoms. The highest BCUT2D eigenvalue weighted by atomic mass is 16.5. The van der Waals surface area contributed by atoms with E-state index in [9.17, 15) is 9.90 Å². The van der Waals surface area contributed by atoms with Crippen molar-refractivity contribution in [3.05, 3.63) is 59.7 Å². The van der Waals surface area contributed by atoms with Gasteiger partial charge >= 0.3 is 0 Å².